The number of carbonyl (C=O) groups is 1. The van der Waals surface area contributed by atoms with Crippen LogP contribution >= 0.6 is 0 Å². The molecule has 0 saturated carbocycles. The van der Waals surface area contributed by atoms with Crippen LogP contribution in [0.3, 0.4) is 0 Å². The molecule has 0 radical (unpaired) electrons. The van der Waals surface area contributed by atoms with E-state index >= 15 is 0 Å². The smallest absolute Gasteiger partial charge is 0.254 e. The number of nitrogens with zero attached hydrogens (tertiary/aromatic N) is 2. The quantitative estimate of drug-likeness (QED) is 0.709. The van der Waals surface area contributed by atoms with Crippen molar-refractivity contribution < 1.29 is 4.79 Å². The lowest BCUT2D eigenvalue weighted by atomic mass is 10.1. The Hall–Kier alpha value is -2.55. The molecule has 0 unspecified atom stereocenters. The minimum Gasteiger partial charge on any atom is -0.347 e. The van der Waals surface area contributed by atoms with Crippen LogP contribution in [0.15, 0.2) is 54.7 Å². The maximum absolute atomic E-state index is 12.8. The lowest BCUT2D eigenvalue weighted by molar-refractivity contribution is 0.0748. The van der Waals surface area contributed by atoms with Gasteiger partial charge in [-0.05, 0) is 42.2 Å². The van der Waals surface area contributed by atoms with E-state index in [4.69, 9.17) is 0 Å². The van der Waals surface area contributed by atoms with Gasteiger partial charge < -0.3 is 9.47 Å². The summed E-state index contributed by atoms with van der Waals surface area (Å²) in [6.45, 7) is 4.72. The van der Waals surface area contributed by atoms with Crippen molar-refractivity contribution in [1.82, 2.24) is 9.47 Å². The highest BCUT2D eigenvalue weighted by Crippen LogP contribution is 2.30. The number of hydrogen-bond donors (Lipinski definition) is 0. The van der Waals surface area contributed by atoms with Crippen molar-refractivity contribution in [3.63, 3.8) is 0 Å². The molecule has 0 bridgehead atoms. The molecule has 2 aromatic carbocycles. The van der Waals surface area contributed by atoms with Gasteiger partial charge in [-0.1, -0.05) is 37.3 Å². The first-order chi connectivity index (χ1) is 11.8. The van der Waals surface area contributed by atoms with Gasteiger partial charge in [-0.15, -0.1) is 0 Å². The van der Waals surface area contributed by atoms with Crippen molar-refractivity contribution in [3.05, 3.63) is 71.4 Å². The second-order valence-electron chi connectivity index (χ2n) is 6.50. The van der Waals surface area contributed by atoms with E-state index < -0.39 is 0 Å². The Morgan fingerprint density at radius 2 is 1.88 bits per heavy atom. The number of aromatic nitrogens is 1. The van der Waals surface area contributed by atoms with Gasteiger partial charge >= 0.3 is 0 Å². The van der Waals surface area contributed by atoms with E-state index in [9.17, 15) is 4.79 Å². The second kappa shape index (κ2) is 6.16. The van der Waals surface area contributed by atoms with Gasteiger partial charge in [0.15, 0.2) is 0 Å². The van der Waals surface area contributed by atoms with Crippen LogP contribution in [0.5, 0.6) is 0 Å². The van der Waals surface area contributed by atoms with Crippen molar-refractivity contribution >= 4 is 16.8 Å². The maximum Gasteiger partial charge on any atom is 0.254 e. The van der Waals surface area contributed by atoms with Crippen LogP contribution in [0, 0.1) is 0 Å². The first-order valence-corrected chi connectivity index (χ1v) is 8.72. The van der Waals surface area contributed by atoms with Crippen LogP contribution in [-0.4, -0.2) is 21.9 Å². The van der Waals surface area contributed by atoms with E-state index in [1.165, 1.54) is 22.0 Å². The summed E-state index contributed by atoms with van der Waals surface area (Å²) in [7, 11) is 0. The van der Waals surface area contributed by atoms with Crippen molar-refractivity contribution in [3.8, 4) is 0 Å². The molecule has 1 amide bonds. The van der Waals surface area contributed by atoms with Crippen molar-refractivity contribution in [2.75, 3.05) is 6.54 Å². The second-order valence-corrected chi connectivity index (χ2v) is 6.50. The Bertz CT molecular complexity index is 879. The third-order valence-corrected chi connectivity index (χ3v) is 4.86. The fourth-order valence-electron chi connectivity index (χ4n) is 3.74. The average Bonchev–Trinajstić information content (AvgIpc) is 2.86. The standard InChI is InChI=1S/C21H22N2O/c1-2-12-22-14-18-11-13-23(21(24)16-7-4-3-5-8-16)15-17-9-6-10-19(22)20(17)18/h3-10,14H,2,11-13,15H2,1H3. The molecule has 0 fully saturated rings. The average molecular weight is 318 g/mol. The van der Waals surface area contributed by atoms with Gasteiger partial charge in [0.2, 0.25) is 0 Å². The molecule has 3 nitrogen and oxygen atoms in total. The number of carbonyl (C=O) groups excluding carboxylic acids is 1. The third kappa shape index (κ3) is 2.50. The van der Waals surface area contributed by atoms with Crippen molar-refractivity contribution in [2.24, 2.45) is 0 Å². The predicted molar refractivity (Wildman–Crippen MR) is 97.1 cm³/mol. The summed E-state index contributed by atoms with van der Waals surface area (Å²) in [6.07, 6.45) is 4.34. The highest BCUT2D eigenvalue weighted by Gasteiger charge is 2.22. The number of amides is 1. The fourth-order valence-corrected chi connectivity index (χ4v) is 3.74. The largest absolute Gasteiger partial charge is 0.347 e. The Balaban J connectivity index is 1.71. The summed E-state index contributed by atoms with van der Waals surface area (Å²) in [5.41, 5.74) is 4.71. The first-order valence-electron chi connectivity index (χ1n) is 8.72. The highest BCUT2D eigenvalue weighted by atomic mass is 16.2. The highest BCUT2D eigenvalue weighted by molar-refractivity contribution is 5.95. The molecule has 1 aromatic heterocycles. The minimum atomic E-state index is 0.124. The predicted octanol–water partition coefficient (Wildman–Crippen LogP) is 4.25. The summed E-state index contributed by atoms with van der Waals surface area (Å²) in [6, 6.07) is 16.1. The zero-order valence-corrected chi connectivity index (χ0v) is 14.0. The molecule has 0 atom stereocenters. The molecule has 1 aliphatic heterocycles. The van der Waals surface area contributed by atoms with Crippen LogP contribution in [0.25, 0.3) is 10.9 Å². The van der Waals surface area contributed by atoms with E-state index in [2.05, 4.69) is 35.9 Å². The van der Waals surface area contributed by atoms with E-state index in [-0.39, 0.29) is 5.91 Å². The molecule has 0 N–H and O–H groups in total. The molecule has 2 heterocycles. The summed E-state index contributed by atoms with van der Waals surface area (Å²) in [5.74, 6) is 0.124. The Morgan fingerprint density at radius 1 is 1.04 bits per heavy atom. The van der Waals surface area contributed by atoms with Gasteiger partial charge in [0.25, 0.3) is 5.91 Å². The number of aryl methyl sites for hydroxylation is 1. The summed E-state index contributed by atoms with van der Waals surface area (Å²) < 4.78 is 2.36. The van der Waals surface area contributed by atoms with Crippen LogP contribution in [0.2, 0.25) is 0 Å². The van der Waals surface area contributed by atoms with Gasteiger partial charge in [0, 0.05) is 42.3 Å². The minimum absolute atomic E-state index is 0.124. The molecule has 3 heteroatoms. The van der Waals surface area contributed by atoms with Crippen molar-refractivity contribution in [1.29, 1.82) is 0 Å². The maximum atomic E-state index is 12.8. The number of rotatable bonds is 3. The normalized spacial score (nSPS) is 14.0. The van der Waals surface area contributed by atoms with Crippen LogP contribution in [-0.2, 0) is 19.5 Å². The van der Waals surface area contributed by atoms with Crippen LogP contribution in [0.1, 0.15) is 34.8 Å². The summed E-state index contributed by atoms with van der Waals surface area (Å²) in [4.78, 5) is 14.8. The fraction of sp³-hybridized carbons (Fsp3) is 0.286. The van der Waals surface area contributed by atoms with Crippen LogP contribution in [0.4, 0.5) is 0 Å². The van der Waals surface area contributed by atoms with Gasteiger partial charge in [0.1, 0.15) is 0 Å². The van der Waals surface area contributed by atoms with Crippen molar-refractivity contribution in [2.45, 2.75) is 32.9 Å². The molecular weight excluding hydrogens is 296 g/mol. The molecule has 0 aliphatic carbocycles. The molecule has 4 rings (SSSR count). The van der Waals surface area contributed by atoms with E-state index in [0.29, 0.717) is 6.54 Å². The molecule has 24 heavy (non-hydrogen) atoms. The molecular formula is C21H22N2O. The number of hydrogen-bond acceptors (Lipinski definition) is 1. The lowest BCUT2D eigenvalue weighted by Crippen LogP contribution is -2.31. The van der Waals surface area contributed by atoms with E-state index in [0.717, 1.165) is 31.5 Å². The summed E-state index contributed by atoms with van der Waals surface area (Å²) >= 11 is 0. The molecule has 0 spiro atoms. The van der Waals surface area contributed by atoms with Gasteiger partial charge in [0.05, 0.1) is 0 Å². The lowest BCUT2D eigenvalue weighted by Gasteiger charge is -2.21. The third-order valence-electron chi connectivity index (χ3n) is 4.86. The SMILES string of the molecule is CCCn1cc2c3c(cccc31)CN(C(=O)c1ccccc1)CC2. The van der Waals surface area contributed by atoms with E-state index in [1.54, 1.807) is 0 Å². The summed E-state index contributed by atoms with van der Waals surface area (Å²) in [5, 5.41) is 1.36. The van der Waals surface area contributed by atoms with Crippen LogP contribution < -0.4 is 0 Å². The zero-order chi connectivity index (χ0) is 16.5. The molecule has 0 saturated heterocycles. The Kier molecular flexibility index (Phi) is 3.85. The monoisotopic (exact) mass is 318 g/mol. The first kappa shape index (κ1) is 15.0. The molecule has 1 aliphatic rings. The Labute approximate surface area is 142 Å². The topological polar surface area (TPSA) is 25.2 Å². The van der Waals surface area contributed by atoms with E-state index in [1.807, 2.05) is 35.2 Å². The van der Waals surface area contributed by atoms with Gasteiger partial charge in [-0.25, -0.2) is 0 Å². The molecule has 122 valence electrons. The van der Waals surface area contributed by atoms with Gasteiger partial charge in [-0.2, -0.15) is 0 Å². The van der Waals surface area contributed by atoms with Gasteiger partial charge in [-0.3, -0.25) is 4.79 Å². The zero-order valence-electron chi connectivity index (χ0n) is 14.0. The molecule has 3 aromatic rings. The Morgan fingerprint density at radius 3 is 2.67 bits per heavy atom. The number of benzene rings is 2.